The maximum atomic E-state index is 14.5. The lowest BCUT2D eigenvalue weighted by atomic mass is 9.92. The molecular weight excluding hydrogens is 518 g/mol. The summed E-state index contributed by atoms with van der Waals surface area (Å²) in [5, 5.41) is 15.7. The van der Waals surface area contributed by atoms with E-state index in [0.717, 1.165) is 41.5 Å². The summed E-state index contributed by atoms with van der Waals surface area (Å²) in [6.45, 7) is 15.6. The SMILES string of the molecule is CCCCN(C(=O)C(Cc1ccc(O)cc1)NC(=O)OC(C)(C)C)C(C(=O)NC(C)CCC)c1c(C)cccc1C. The van der Waals surface area contributed by atoms with Gasteiger partial charge in [0.2, 0.25) is 11.8 Å². The fraction of sp³-hybridized carbons (Fsp3) is 0.545. The van der Waals surface area contributed by atoms with Crippen molar-refractivity contribution < 1.29 is 24.2 Å². The van der Waals surface area contributed by atoms with Gasteiger partial charge in [0.15, 0.2) is 0 Å². The van der Waals surface area contributed by atoms with Gasteiger partial charge >= 0.3 is 6.09 Å². The largest absolute Gasteiger partial charge is 0.508 e. The number of phenolic OH excluding ortho intramolecular Hbond substituents is 1. The maximum Gasteiger partial charge on any atom is 0.408 e. The van der Waals surface area contributed by atoms with Crippen LogP contribution in [0.25, 0.3) is 0 Å². The smallest absolute Gasteiger partial charge is 0.408 e. The van der Waals surface area contributed by atoms with E-state index in [-0.39, 0.29) is 30.0 Å². The zero-order valence-corrected chi connectivity index (χ0v) is 26.0. The number of ether oxygens (including phenoxy) is 1. The van der Waals surface area contributed by atoms with Crippen LogP contribution in [-0.2, 0) is 20.7 Å². The predicted octanol–water partition coefficient (Wildman–Crippen LogP) is 6.12. The van der Waals surface area contributed by atoms with Crippen molar-refractivity contribution in [3.8, 4) is 5.75 Å². The average Bonchev–Trinajstić information content (AvgIpc) is 2.87. The first kappa shape index (κ1) is 33.7. The van der Waals surface area contributed by atoms with E-state index in [4.69, 9.17) is 4.74 Å². The first-order valence-electron chi connectivity index (χ1n) is 14.7. The molecule has 0 aliphatic rings. The van der Waals surface area contributed by atoms with Gasteiger partial charge in [0.05, 0.1) is 0 Å². The van der Waals surface area contributed by atoms with Crippen LogP contribution < -0.4 is 10.6 Å². The number of unbranched alkanes of at least 4 members (excludes halogenated alkanes) is 1. The number of benzene rings is 2. The lowest BCUT2D eigenvalue weighted by molar-refractivity contribution is -0.142. The summed E-state index contributed by atoms with van der Waals surface area (Å²) in [6, 6.07) is 10.4. The van der Waals surface area contributed by atoms with Crippen molar-refractivity contribution in [2.75, 3.05) is 6.54 Å². The Hall–Kier alpha value is -3.55. The Balaban J connectivity index is 2.62. The highest BCUT2D eigenvalue weighted by molar-refractivity contribution is 5.92. The molecule has 0 saturated heterocycles. The molecule has 3 unspecified atom stereocenters. The standard InChI is InChI=1S/C33H49N3O5/c1-9-11-20-36(29(30(38)34-24(5)13-10-2)28-22(3)14-12-15-23(28)4)31(39)27(35-32(40)41-33(6,7)8)21-25-16-18-26(37)19-17-25/h12,14-19,24,27,29,37H,9-11,13,20-21H2,1-8H3,(H,34,38)(H,35,40). The van der Waals surface area contributed by atoms with Crippen LogP contribution >= 0.6 is 0 Å². The number of hydrogen-bond acceptors (Lipinski definition) is 5. The minimum Gasteiger partial charge on any atom is -0.508 e. The average molecular weight is 568 g/mol. The summed E-state index contributed by atoms with van der Waals surface area (Å²) in [7, 11) is 0. The molecule has 3 amide bonds. The topological polar surface area (TPSA) is 108 Å². The third-order valence-electron chi connectivity index (χ3n) is 6.89. The second kappa shape index (κ2) is 15.5. The van der Waals surface area contributed by atoms with Gasteiger partial charge < -0.3 is 25.4 Å². The van der Waals surface area contributed by atoms with E-state index in [1.54, 1.807) is 49.9 Å². The van der Waals surface area contributed by atoms with Crippen LogP contribution in [0.2, 0.25) is 0 Å². The number of nitrogens with zero attached hydrogens (tertiary/aromatic N) is 1. The number of amides is 3. The number of aryl methyl sites for hydroxylation is 2. The molecule has 0 bridgehead atoms. The van der Waals surface area contributed by atoms with Gasteiger partial charge in [-0.25, -0.2) is 4.79 Å². The van der Waals surface area contributed by atoms with E-state index in [1.165, 1.54) is 0 Å². The lowest BCUT2D eigenvalue weighted by Gasteiger charge is -2.36. The van der Waals surface area contributed by atoms with Crippen LogP contribution in [0.3, 0.4) is 0 Å². The van der Waals surface area contributed by atoms with Crippen LogP contribution in [0, 0.1) is 13.8 Å². The Kier molecular flexibility index (Phi) is 12.7. The molecule has 8 nitrogen and oxygen atoms in total. The molecule has 0 aliphatic carbocycles. The summed E-state index contributed by atoms with van der Waals surface area (Å²) in [5.41, 5.74) is 2.61. The van der Waals surface area contributed by atoms with Crippen LogP contribution in [0.15, 0.2) is 42.5 Å². The van der Waals surface area contributed by atoms with Crippen LogP contribution in [0.5, 0.6) is 5.75 Å². The number of nitrogens with one attached hydrogen (secondary N) is 2. The van der Waals surface area contributed by atoms with Crippen molar-refractivity contribution in [3.63, 3.8) is 0 Å². The minimum atomic E-state index is -1.00. The van der Waals surface area contributed by atoms with Crippen LogP contribution in [-0.4, -0.2) is 52.1 Å². The number of phenols is 1. The van der Waals surface area contributed by atoms with Crippen LogP contribution in [0.4, 0.5) is 4.79 Å². The highest BCUT2D eigenvalue weighted by Gasteiger charge is 2.37. The quantitative estimate of drug-likeness (QED) is 0.270. The molecule has 2 rings (SSSR count). The summed E-state index contributed by atoms with van der Waals surface area (Å²) in [4.78, 5) is 43.1. The van der Waals surface area contributed by atoms with Gasteiger partial charge in [0.25, 0.3) is 0 Å². The first-order chi connectivity index (χ1) is 19.3. The highest BCUT2D eigenvalue weighted by Crippen LogP contribution is 2.30. The van der Waals surface area contributed by atoms with E-state index in [0.29, 0.717) is 13.0 Å². The molecule has 0 heterocycles. The van der Waals surface area contributed by atoms with Gasteiger partial charge in [-0.2, -0.15) is 0 Å². The van der Waals surface area contributed by atoms with E-state index >= 15 is 0 Å². The molecular formula is C33H49N3O5. The molecule has 0 aliphatic heterocycles. The van der Waals surface area contributed by atoms with E-state index in [9.17, 15) is 19.5 Å². The number of carbonyl (C=O) groups is 3. The number of alkyl carbamates (subject to hydrolysis) is 1. The molecule has 0 fully saturated rings. The molecule has 0 spiro atoms. The zero-order valence-electron chi connectivity index (χ0n) is 26.0. The Morgan fingerprint density at radius 1 is 0.951 bits per heavy atom. The van der Waals surface area contributed by atoms with E-state index in [1.807, 2.05) is 45.9 Å². The third-order valence-corrected chi connectivity index (χ3v) is 6.89. The van der Waals surface area contributed by atoms with Crippen LogP contribution in [0.1, 0.15) is 95.5 Å². The number of carbonyl (C=O) groups excluding carboxylic acids is 3. The Bertz CT molecular complexity index is 1140. The van der Waals surface area contributed by atoms with Gasteiger partial charge in [0, 0.05) is 19.0 Å². The molecule has 3 atom stereocenters. The van der Waals surface area contributed by atoms with E-state index < -0.39 is 23.8 Å². The molecule has 2 aromatic rings. The lowest BCUT2D eigenvalue weighted by Crippen LogP contribution is -2.54. The highest BCUT2D eigenvalue weighted by atomic mass is 16.6. The molecule has 0 saturated carbocycles. The van der Waals surface area contributed by atoms with Crippen molar-refractivity contribution in [3.05, 3.63) is 64.7 Å². The van der Waals surface area contributed by atoms with Gasteiger partial charge in [-0.1, -0.05) is 57.0 Å². The molecule has 8 heteroatoms. The van der Waals surface area contributed by atoms with Crippen molar-refractivity contribution in [2.24, 2.45) is 0 Å². The fourth-order valence-electron chi connectivity index (χ4n) is 4.93. The summed E-state index contributed by atoms with van der Waals surface area (Å²) < 4.78 is 5.51. The molecule has 226 valence electrons. The summed E-state index contributed by atoms with van der Waals surface area (Å²) in [5.74, 6) is -0.508. The van der Waals surface area contributed by atoms with E-state index in [2.05, 4.69) is 17.6 Å². The minimum absolute atomic E-state index is 0.0601. The number of aromatic hydroxyl groups is 1. The predicted molar refractivity (Wildman–Crippen MR) is 163 cm³/mol. The molecule has 0 radical (unpaired) electrons. The second-order valence-corrected chi connectivity index (χ2v) is 11.9. The fourth-order valence-corrected chi connectivity index (χ4v) is 4.93. The summed E-state index contributed by atoms with van der Waals surface area (Å²) in [6.07, 6.45) is 2.69. The maximum absolute atomic E-state index is 14.5. The number of rotatable bonds is 13. The Morgan fingerprint density at radius 3 is 2.10 bits per heavy atom. The monoisotopic (exact) mass is 567 g/mol. The van der Waals surface area contributed by atoms with Crippen molar-refractivity contribution >= 4 is 17.9 Å². The van der Waals surface area contributed by atoms with Crippen molar-refractivity contribution in [2.45, 2.75) is 111 Å². The third kappa shape index (κ3) is 10.4. The van der Waals surface area contributed by atoms with Gasteiger partial charge in [0.1, 0.15) is 23.4 Å². The molecule has 41 heavy (non-hydrogen) atoms. The number of hydrogen-bond donors (Lipinski definition) is 3. The van der Waals surface area contributed by atoms with Gasteiger partial charge in [-0.3, -0.25) is 9.59 Å². The normalized spacial score (nSPS) is 13.6. The first-order valence-corrected chi connectivity index (χ1v) is 14.7. The second-order valence-electron chi connectivity index (χ2n) is 11.9. The van der Waals surface area contributed by atoms with Gasteiger partial charge in [-0.05, 0) is 88.8 Å². The van der Waals surface area contributed by atoms with Crippen molar-refractivity contribution in [1.82, 2.24) is 15.5 Å². The molecule has 2 aromatic carbocycles. The molecule has 3 N–H and O–H groups in total. The Morgan fingerprint density at radius 2 is 1.56 bits per heavy atom. The summed E-state index contributed by atoms with van der Waals surface area (Å²) >= 11 is 0. The Labute approximate surface area is 245 Å². The molecule has 0 aromatic heterocycles. The van der Waals surface area contributed by atoms with Gasteiger partial charge in [-0.15, -0.1) is 0 Å². The van der Waals surface area contributed by atoms with Crippen molar-refractivity contribution in [1.29, 1.82) is 0 Å². The zero-order chi connectivity index (χ0) is 30.7.